The van der Waals surface area contributed by atoms with E-state index in [1.165, 1.54) is 6.42 Å². The Kier molecular flexibility index (Phi) is 4.99. The van der Waals surface area contributed by atoms with Gasteiger partial charge in [0.2, 0.25) is 0 Å². The minimum atomic E-state index is -1.00. The van der Waals surface area contributed by atoms with Crippen molar-refractivity contribution in [2.24, 2.45) is 5.41 Å². The third-order valence-corrected chi connectivity index (χ3v) is 4.04. The van der Waals surface area contributed by atoms with Gasteiger partial charge in [-0.25, -0.2) is 0 Å². The average molecular weight is 242 g/mol. The van der Waals surface area contributed by atoms with Crippen molar-refractivity contribution in [2.45, 2.75) is 71.3 Å². The highest BCUT2D eigenvalue weighted by molar-refractivity contribution is 5.78. The van der Waals surface area contributed by atoms with Gasteiger partial charge in [-0.2, -0.15) is 0 Å². The van der Waals surface area contributed by atoms with E-state index in [-0.39, 0.29) is 5.97 Å². The molecule has 1 rings (SSSR count). The topological polar surface area (TPSA) is 46.5 Å². The average Bonchev–Trinajstić information content (AvgIpc) is 2.15. The molecule has 0 bridgehead atoms. The molecule has 0 amide bonds. The van der Waals surface area contributed by atoms with Gasteiger partial charge in [-0.05, 0) is 33.6 Å². The van der Waals surface area contributed by atoms with E-state index in [0.29, 0.717) is 6.61 Å². The van der Waals surface area contributed by atoms with Gasteiger partial charge in [0.25, 0.3) is 0 Å². The summed E-state index contributed by atoms with van der Waals surface area (Å²) in [7, 11) is 0. The fraction of sp³-hybridized carbons (Fsp3) is 0.929. The molecule has 1 saturated carbocycles. The zero-order valence-electron chi connectivity index (χ0n) is 11.4. The van der Waals surface area contributed by atoms with Crippen LogP contribution >= 0.6 is 0 Å². The number of esters is 1. The van der Waals surface area contributed by atoms with Crippen molar-refractivity contribution in [3.05, 3.63) is 0 Å². The molecule has 0 aromatic carbocycles. The molecule has 3 heteroatoms. The van der Waals surface area contributed by atoms with Gasteiger partial charge < -0.3 is 9.84 Å². The van der Waals surface area contributed by atoms with Crippen molar-refractivity contribution in [2.75, 3.05) is 6.61 Å². The third-order valence-electron chi connectivity index (χ3n) is 4.04. The first-order chi connectivity index (χ1) is 7.94. The summed E-state index contributed by atoms with van der Waals surface area (Å²) in [4.78, 5) is 12.2. The van der Waals surface area contributed by atoms with Crippen molar-refractivity contribution in [3.63, 3.8) is 0 Å². The zero-order chi connectivity index (χ0) is 12.9. The predicted octanol–water partition coefficient (Wildman–Crippen LogP) is 3.05. The molecule has 0 aromatic rings. The number of carbonyl (C=O) groups excluding carboxylic acids is 1. The van der Waals surface area contributed by atoms with E-state index >= 15 is 0 Å². The monoisotopic (exact) mass is 242 g/mol. The van der Waals surface area contributed by atoms with E-state index < -0.39 is 11.0 Å². The van der Waals surface area contributed by atoms with Crippen LogP contribution in [0.2, 0.25) is 0 Å². The number of hydrogen-bond acceptors (Lipinski definition) is 3. The summed E-state index contributed by atoms with van der Waals surface area (Å²) < 4.78 is 5.21. The molecule has 1 aliphatic carbocycles. The molecule has 0 spiro atoms. The molecular weight excluding hydrogens is 216 g/mol. The van der Waals surface area contributed by atoms with Crippen LogP contribution in [-0.4, -0.2) is 23.3 Å². The number of hydrogen-bond donors (Lipinski definition) is 1. The first-order valence-electron chi connectivity index (χ1n) is 6.83. The van der Waals surface area contributed by atoms with Gasteiger partial charge in [0.05, 0.1) is 17.6 Å². The lowest BCUT2D eigenvalue weighted by atomic mass is 9.66. The standard InChI is InChI=1S/C14H26O3/c1-4-17-12(15)14(13(2,3)16)10-8-6-5-7-9-11-14/h16H,4-11H2,1-3H3. The number of ether oxygens (including phenoxy) is 1. The first kappa shape index (κ1) is 14.5. The molecule has 1 aliphatic rings. The molecule has 0 radical (unpaired) electrons. The molecule has 1 fully saturated rings. The lowest BCUT2D eigenvalue weighted by molar-refractivity contribution is -0.175. The maximum absolute atomic E-state index is 12.2. The van der Waals surface area contributed by atoms with Gasteiger partial charge >= 0.3 is 5.97 Å². The molecule has 1 N–H and O–H groups in total. The third kappa shape index (κ3) is 3.21. The highest BCUT2D eigenvalue weighted by Crippen LogP contribution is 2.44. The fourth-order valence-electron chi connectivity index (χ4n) is 2.84. The van der Waals surface area contributed by atoms with Gasteiger partial charge in [-0.15, -0.1) is 0 Å². The van der Waals surface area contributed by atoms with Crippen LogP contribution in [0.4, 0.5) is 0 Å². The molecule has 3 nitrogen and oxygen atoms in total. The second-order valence-corrected chi connectivity index (χ2v) is 5.63. The van der Waals surface area contributed by atoms with Gasteiger partial charge in [0.15, 0.2) is 0 Å². The maximum Gasteiger partial charge on any atom is 0.314 e. The van der Waals surface area contributed by atoms with E-state index in [9.17, 15) is 9.90 Å². The molecule has 0 saturated heterocycles. The van der Waals surface area contributed by atoms with Crippen LogP contribution in [0, 0.1) is 5.41 Å². The summed E-state index contributed by atoms with van der Waals surface area (Å²) in [6.07, 6.45) is 7.04. The van der Waals surface area contributed by atoms with Crippen molar-refractivity contribution < 1.29 is 14.6 Å². The van der Waals surface area contributed by atoms with E-state index in [4.69, 9.17) is 4.74 Å². The quantitative estimate of drug-likeness (QED) is 0.774. The lowest BCUT2D eigenvalue weighted by Gasteiger charge is -2.42. The Labute approximate surface area is 105 Å². The van der Waals surface area contributed by atoms with Crippen LogP contribution in [0.1, 0.15) is 65.7 Å². The Hall–Kier alpha value is -0.570. The van der Waals surface area contributed by atoms with Crippen molar-refractivity contribution >= 4 is 5.97 Å². The SMILES string of the molecule is CCOC(=O)C1(C(C)(C)O)CCCCCCC1. The van der Waals surface area contributed by atoms with E-state index in [1.807, 2.05) is 6.92 Å². The molecule has 0 atom stereocenters. The minimum absolute atomic E-state index is 0.214. The molecule has 100 valence electrons. The van der Waals surface area contributed by atoms with E-state index in [1.54, 1.807) is 13.8 Å². The summed E-state index contributed by atoms with van der Waals surface area (Å²) in [6.45, 7) is 5.69. The van der Waals surface area contributed by atoms with Crippen LogP contribution < -0.4 is 0 Å². The Balaban J connectivity index is 2.93. The normalized spacial score (nSPS) is 21.4. The lowest BCUT2D eigenvalue weighted by Crippen LogP contribution is -2.50. The van der Waals surface area contributed by atoms with Crippen molar-refractivity contribution in [1.82, 2.24) is 0 Å². The van der Waals surface area contributed by atoms with Gasteiger partial charge in [0.1, 0.15) is 0 Å². The maximum atomic E-state index is 12.2. The molecule has 0 heterocycles. The highest BCUT2D eigenvalue weighted by Gasteiger charge is 2.50. The fourth-order valence-corrected chi connectivity index (χ4v) is 2.84. The highest BCUT2D eigenvalue weighted by atomic mass is 16.5. The Bertz CT molecular complexity index is 245. The second kappa shape index (κ2) is 5.85. The minimum Gasteiger partial charge on any atom is -0.465 e. The molecular formula is C14H26O3. The van der Waals surface area contributed by atoms with Crippen molar-refractivity contribution in [1.29, 1.82) is 0 Å². The summed E-state index contributed by atoms with van der Waals surface area (Å²) in [6, 6.07) is 0. The molecule has 0 aromatic heterocycles. The smallest absolute Gasteiger partial charge is 0.314 e. The van der Waals surface area contributed by atoms with E-state index in [0.717, 1.165) is 38.5 Å². The zero-order valence-corrected chi connectivity index (χ0v) is 11.4. The largest absolute Gasteiger partial charge is 0.465 e. The second-order valence-electron chi connectivity index (χ2n) is 5.63. The van der Waals surface area contributed by atoms with Crippen molar-refractivity contribution in [3.8, 4) is 0 Å². The molecule has 17 heavy (non-hydrogen) atoms. The summed E-state index contributed by atoms with van der Waals surface area (Å²) >= 11 is 0. The Morgan fingerprint density at radius 2 is 1.65 bits per heavy atom. The van der Waals surface area contributed by atoms with Crippen LogP contribution in [0.15, 0.2) is 0 Å². The van der Waals surface area contributed by atoms with Crippen LogP contribution in [0.3, 0.4) is 0 Å². The Morgan fingerprint density at radius 3 is 2.06 bits per heavy atom. The molecule has 0 unspecified atom stereocenters. The first-order valence-corrected chi connectivity index (χ1v) is 6.83. The number of carbonyl (C=O) groups is 1. The molecule has 0 aliphatic heterocycles. The van der Waals surface area contributed by atoms with E-state index in [2.05, 4.69) is 0 Å². The summed E-state index contributed by atoms with van der Waals surface area (Å²) in [5.41, 5.74) is -1.71. The summed E-state index contributed by atoms with van der Waals surface area (Å²) in [5.74, 6) is -0.214. The van der Waals surface area contributed by atoms with Gasteiger partial charge in [-0.1, -0.05) is 32.1 Å². The number of rotatable bonds is 3. The van der Waals surface area contributed by atoms with Crippen LogP contribution in [0.5, 0.6) is 0 Å². The summed E-state index contributed by atoms with van der Waals surface area (Å²) in [5, 5.41) is 10.4. The van der Waals surface area contributed by atoms with Crippen LogP contribution in [-0.2, 0) is 9.53 Å². The number of aliphatic hydroxyl groups is 1. The predicted molar refractivity (Wildman–Crippen MR) is 67.7 cm³/mol. The Morgan fingerprint density at radius 1 is 1.18 bits per heavy atom. The van der Waals surface area contributed by atoms with Crippen LogP contribution in [0.25, 0.3) is 0 Å². The van der Waals surface area contributed by atoms with Gasteiger partial charge in [0, 0.05) is 0 Å². The van der Waals surface area contributed by atoms with Gasteiger partial charge in [-0.3, -0.25) is 4.79 Å².